The number of ether oxygens (including phenoxy) is 1. The first kappa shape index (κ1) is 34.1. The fraction of sp³-hybridized carbons (Fsp3) is 0.452. The number of nitrogens with zero attached hydrogens (tertiary/aromatic N) is 7. The minimum absolute atomic E-state index is 0.00775. The first-order chi connectivity index (χ1) is 22.1. The molecule has 47 heavy (non-hydrogen) atoms. The number of rotatable bonds is 7. The van der Waals surface area contributed by atoms with Gasteiger partial charge in [-0.3, -0.25) is 9.69 Å². The lowest BCUT2D eigenvalue weighted by molar-refractivity contribution is -0.137. The number of piperazine rings is 1. The number of nitrogen functional groups attached to an aromatic ring is 1. The van der Waals surface area contributed by atoms with E-state index in [4.69, 9.17) is 22.1 Å². The Balaban J connectivity index is 1.66. The average Bonchev–Trinajstić information content (AvgIpc) is 3.30. The number of likely N-dealkylation sites (N-methyl/N-ethyl adjacent to an activating group) is 1. The van der Waals surface area contributed by atoms with Crippen molar-refractivity contribution in [2.24, 2.45) is 0 Å². The Kier molecular flexibility index (Phi) is 9.47. The zero-order valence-corrected chi connectivity index (χ0v) is 26.5. The number of nitriles is 1. The highest BCUT2D eigenvalue weighted by Crippen LogP contribution is 2.43. The van der Waals surface area contributed by atoms with Crippen LogP contribution in [0.3, 0.4) is 0 Å². The van der Waals surface area contributed by atoms with E-state index in [-0.39, 0.29) is 84.4 Å². The molecule has 0 aliphatic carbocycles. The normalized spacial score (nSPS) is 22.0. The van der Waals surface area contributed by atoms with Crippen LogP contribution in [-0.2, 0) is 11.0 Å². The van der Waals surface area contributed by atoms with Crippen LogP contribution in [0.25, 0.3) is 22.2 Å². The average molecular weight is 679 g/mol. The summed E-state index contributed by atoms with van der Waals surface area (Å²) in [5.41, 5.74) is 4.30. The van der Waals surface area contributed by atoms with E-state index in [0.29, 0.717) is 5.39 Å². The third-order valence-corrected chi connectivity index (χ3v) is 8.81. The van der Waals surface area contributed by atoms with Gasteiger partial charge in [0.15, 0.2) is 5.83 Å². The molecule has 0 radical (unpaired) electrons. The Morgan fingerprint density at radius 3 is 2.53 bits per heavy atom. The van der Waals surface area contributed by atoms with E-state index in [1.165, 1.54) is 24.0 Å². The number of anilines is 2. The van der Waals surface area contributed by atoms with Gasteiger partial charge >= 0.3 is 12.2 Å². The Morgan fingerprint density at radius 2 is 1.91 bits per heavy atom. The summed E-state index contributed by atoms with van der Waals surface area (Å²) in [6, 6.07) is 4.26. The summed E-state index contributed by atoms with van der Waals surface area (Å²) in [7, 11) is 1.76. The number of fused-ring (bicyclic) bond motifs is 1. The molecule has 4 atom stereocenters. The lowest BCUT2D eigenvalue weighted by Gasteiger charge is -2.45. The highest BCUT2D eigenvalue weighted by Gasteiger charge is 2.39. The smallest absolute Gasteiger partial charge is 0.418 e. The van der Waals surface area contributed by atoms with Crippen molar-refractivity contribution < 1.29 is 31.5 Å². The Labute approximate surface area is 272 Å². The third-order valence-electron chi connectivity index (χ3n) is 8.49. The van der Waals surface area contributed by atoms with Crippen LogP contribution in [0.5, 0.6) is 6.01 Å². The number of amides is 1. The summed E-state index contributed by atoms with van der Waals surface area (Å²) in [5.74, 6) is -1.97. The summed E-state index contributed by atoms with van der Waals surface area (Å²) in [6.07, 6.45) is -5.70. The lowest BCUT2D eigenvalue weighted by Crippen LogP contribution is -2.59. The number of carbonyl (C=O) groups is 1. The van der Waals surface area contributed by atoms with Crippen LogP contribution < -0.4 is 15.4 Å². The Bertz CT molecular complexity index is 1770. The van der Waals surface area contributed by atoms with Crippen molar-refractivity contribution in [3.63, 3.8) is 0 Å². The molecule has 3 unspecified atom stereocenters. The molecule has 5 rings (SSSR count). The molecule has 1 aromatic carbocycles. The second-order valence-corrected chi connectivity index (χ2v) is 12.3. The number of likely N-dealkylation sites (tertiary alicyclic amines) is 1. The molecule has 2 aliphatic heterocycles. The Hall–Kier alpha value is -4.29. The zero-order chi connectivity index (χ0) is 34.4. The Morgan fingerprint density at radius 1 is 1.19 bits per heavy atom. The molecule has 0 bridgehead atoms. The number of halogens is 6. The molecule has 250 valence electrons. The van der Waals surface area contributed by atoms with Gasteiger partial charge in [0.25, 0.3) is 5.91 Å². The highest BCUT2D eigenvalue weighted by atomic mass is 35.5. The van der Waals surface area contributed by atoms with Gasteiger partial charge in [0.1, 0.15) is 24.4 Å². The van der Waals surface area contributed by atoms with Gasteiger partial charge in [-0.25, -0.2) is 13.8 Å². The number of hydrogen-bond acceptors (Lipinski definition) is 9. The van der Waals surface area contributed by atoms with Crippen molar-refractivity contribution in [1.29, 1.82) is 5.26 Å². The standard InChI is InChI=1S/C31H32ClF5N8O2/c1-15-7-25(39)41-27(26(15)31(35,36)37)21-10-24-22(9-23(21)32)28(42-30(40-24)47-14-20-8-18(34)12-43(20)4)44-13-19(5-6-38)45(11-16(44)2)29(46)17(3)33/h7,9-10,16,18-20H,3,5,8,11-14H2,1-2,4H3,(H2,39,41)/t16?,18?,19?,20-/m0/s1. The summed E-state index contributed by atoms with van der Waals surface area (Å²) >= 11 is 6.66. The van der Waals surface area contributed by atoms with Crippen molar-refractivity contribution in [3.8, 4) is 23.3 Å². The maximum absolute atomic E-state index is 14.2. The molecular formula is C31H32ClF5N8O2. The fourth-order valence-corrected chi connectivity index (χ4v) is 6.48. The second-order valence-electron chi connectivity index (χ2n) is 11.9. The first-order valence-corrected chi connectivity index (χ1v) is 15.1. The molecule has 2 fully saturated rings. The molecule has 16 heteroatoms. The number of alkyl halides is 4. The first-order valence-electron chi connectivity index (χ1n) is 14.7. The summed E-state index contributed by atoms with van der Waals surface area (Å²) < 4.78 is 76.6. The molecule has 1 amide bonds. The molecule has 0 saturated carbocycles. The van der Waals surface area contributed by atoms with Crippen LogP contribution in [0.2, 0.25) is 5.02 Å². The number of hydrogen-bond donors (Lipinski definition) is 1. The quantitative estimate of drug-likeness (QED) is 0.256. The number of pyridine rings is 1. The molecule has 2 aromatic heterocycles. The fourth-order valence-electron chi connectivity index (χ4n) is 6.22. The van der Waals surface area contributed by atoms with E-state index in [1.807, 2.05) is 6.07 Å². The van der Waals surface area contributed by atoms with Crippen molar-refractivity contribution in [2.45, 2.75) is 57.2 Å². The van der Waals surface area contributed by atoms with Gasteiger partial charge in [-0.05, 0) is 51.1 Å². The van der Waals surface area contributed by atoms with Gasteiger partial charge < -0.3 is 20.3 Å². The molecule has 4 heterocycles. The monoisotopic (exact) mass is 678 g/mol. The topological polar surface area (TPSA) is 124 Å². The van der Waals surface area contributed by atoms with Crippen molar-refractivity contribution in [1.82, 2.24) is 24.8 Å². The molecule has 2 N–H and O–H groups in total. The van der Waals surface area contributed by atoms with Crippen LogP contribution in [0, 0.1) is 18.3 Å². The van der Waals surface area contributed by atoms with Gasteiger partial charge in [0.05, 0.1) is 40.3 Å². The van der Waals surface area contributed by atoms with Crippen molar-refractivity contribution in [3.05, 3.63) is 46.8 Å². The van der Waals surface area contributed by atoms with Gasteiger partial charge in [0.2, 0.25) is 0 Å². The van der Waals surface area contributed by atoms with E-state index >= 15 is 0 Å². The van der Waals surface area contributed by atoms with Gasteiger partial charge in [-0.15, -0.1) is 0 Å². The predicted molar refractivity (Wildman–Crippen MR) is 166 cm³/mol. The van der Waals surface area contributed by atoms with E-state index in [1.54, 1.807) is 23.8 Å². The van der Waals surface area contributed by atoms with E-state index < -0.39 is 47.4 Å². The zero-order valence-electron chi connectivity index (χ0n) is 25.8. The maximum Gasteiger partial charge on any atom is 0.418 e. The largest absolute Gasteiger partial charge is 0.462 e. The van der Waals surface area contributed by atoms with Gasteiger partial charge in [-0.1, -0.05) is 18.2 Å². The summed E-state index contributed by atoms with van der Waals surface area (Å²) in [5, 5.41) is 9.73. The van der Waals surface area contributed by atoms with Crippen molar-refractivity contribution in [2.75, 3.05) is 43.9 Å². The summed E-state index contributed by atoms with van der Waals surface area (Å²) in [6.45, 7) is 6.46. The molecular weight excluding hydrogens is 647 g/mol. The molecule has 3 aromatic rings. The molecule has 2 saturated heterocycles. The van der Waals surface area contributed by atoms with Crippen LogP contribution in [0.4, 0.5) is 33.6 Å². The van der Waals surface area contributed by atoms with Crippen LogP contribution in [-0.4, -0.2) is 88.2 Å². The second kappa shape index (κ2) is 13.1. The number of benzene rings is 1. The van der Waals surface area contributed by atoms with Crippen LogP contribution in [0.15, 0.2) is 30.6 Å². The lowest BCUT2D eigenvalue weighted by atomic mass is 9.99. The predicted octanol–water partition coefficient (Wildman–Crippen LogP) is 5.48. The third kappa shape index (κ3) is 6.89. The van der Waals surface area contributed by atoms with Gasteiger partial charge in [-0.2, -0.15) is 28.4 Å². The number of aryl methyl sites for hydroxylation is 1. The number of carbonyl (C=O) groups excluding carboxylic acids is 1. The van der Waals surface area contributed by atoms with Crippen molar-refractivity contribution >= 4 is 40.0 Å². The minimum Gasteiger partial charge on any atom is -0.462 e. The minimum atomic E-state index is -4.78. The molecule has 10 nitrogen and oxygen atoms in total. The molecule has 2 aliphatic rings. The van der Waals surface area contributed by atoms with Crippen LogP contribution in [0.1, 0.15) is 30.9 Å². The van der Waals surface area contributed by atoms with E-state index in [0.717, 1.165) is 6.07 Å². The molecule has 0 spiro atoms. The number of nitrogens with two attached hydrogens (primary N) is 1. The maximum atomic E-state index is 14.2. The number of aromatic nitrogens is 3. The van der Waals surface area contributed by atoms with E-state index in [2.05, 4.69) is 21.5 Å². The highest BCUT2D eigenvalue weighted by molar-refractivity contribution is 6.34. The SMILES string of the molecule is C=C(F)C(=O)N1CC(C)N(c2nc(OC[C@@H]3CC(F)CN3C)nc3cc(-c4nc(N)cc(C)c4C(F)(F)F)c(Cl)cc23)CC1CC#N. The van der Waals surface area contributed by atoms with E-state index in [9.17, 15) is 32.0 Å². The van der Waals surface area contributed by atoms with Gasteiger partial charge in [0, 0.05) is 42.7 Å². The van der Waals surface area contributed by atoms with Crippen LogP contribution >= 0.6 is 11.6 Å². The summed E-state index contributed by atoms with van der Waals surface area (Å²) in [4.78, 5) is 30.6.